The van der Waals surface area contributed by atoms with Crippen molar-refractivity contribution in [1.29, 1.82) is 0 Å². The number of halogens is 4. The number of nitrogens with one attached hydrogen (secondary N) is 1. The van der Waals surface area contributed by atoms with Gasteiger partial charge in [-0.05, 0) is 6.92 Å². The molecular weight excluding hydrogens is 418 g/mol. The van der Waals surface area contributed by atoms with Gasteiger partial charge in [0.05, 0.1) is 27.9 Å². The number of fused-ring (bicyclic) bond motifs is 1. The fourth-order valence-electron chi connectivity index (χ4n) is 3.19. The number of nitrogens with zero attached hydrogens (tertiary/aromatic N) is 2. The fourth-order valence-corrected chi connectivity index (χ4v) is 4.30. The summed E-state index contributed by atoms with van der Waals surface area (Å²) in [5.41, 5.74) is -1.53. The van der Waals surface area contributed by atoms with E-state index in [2.05, 4.69) is 10.3 Å². The second kappa shape index (κ2) is 7.65. The Morgan fingerprint density at radius 2 is 2.10 bits per heavy atom. The van der Waals surface area contributed by atoms with Crippen molar-refractivity contribution in [3.63, 3.8) is 0 Å². The third-order valence-electron chi connectivity index (χ3n) is 4.67. The number of hydrogen-bond acceptors (Lipinski definition) is 5. The van der Waals surface area contributed by atoms with Crippen LogP contribution in [0.2, 0.25) is 0 Å². The van der Waals surface area contributed by atoms with Crippen molar-refractivity contribution in [3.05, 3.63) is 22.1 Å². The van der Waals surface area contributed by atoms with Crippen LogP contribution in [0.4, 0.5) is 22.4 Å². The second-order valence-electron chi connectivity index (χ2n) is 6.51. The zero-order valence-corrected chi connectivity index (χ0v) is 16.2. The molecule has 1 saturated heterocycles. The molecule has 1 aliphatic rings. The molecule has 0 spiro atoms. The highest BCUT2D eigenvalue weighted by atomic mass is 32.1. The summed E-state index contributed by atoms with van der Waals surface area (Å²) >= 11 is 0.739. The Kier molecular flexibility index (Phi) is 5.57. The summed E-state index contributed by atoms with van der Waals surface area (Å²) < 4.78 is 60.8. The second-order valence-corrected chi connectivity index (χ2v) is 7.39. The van der Waals surface area contributed by atoms with Gasteiger partial charge in [0.15, 0.2) is 6.17 Å². The van der Waals surface area contributed by atoms with Crippen molar-refractivity contribution in [2.75, 3.05) is 20.1 Å². The topological polar surface area (TPSA) is 91.8 Å². The highest BCUT2D eigenvalue weighted by Crippen LogP contribution is 2.43. The molecule has 3 heterocycles. The molecule has 0 saturated carbocycles. The Bertz CT molecular complexity index is 962. The molecule has 2 aromatic heterocycles. The van der Waals surface area contributed by atoms with E-state index < -0.39 is 48.4 Å². The van der Waals surface area contributed by atoms with Gasteiger partial charge in [-0.15, -0.1) is 11.3 Å². The standard InChI is InChI=1S/C17H17F4N3O4S/c1-7-11(17(19,20)21)13-12(8(6-29-13)14(25)22-2)23-15(7)28-10-3-4-24(16(26)27)5-9(10)18/h6,9-10H,3-5H2,1-2H3,(H,22,25)(H,26,27)/t9-,10+/m0/s1. The SMILES string of the molecule is CNC(=O)c1csc2c(C(F)(F)F)c(C)c(O[C@@H]3CCN(C(=O)O)C[C@@H]3F)nc12. The van der Waals surface area contributed by atoms with E-state index in [-0.39, 0.29) is 34.3 Å². The van der Waals surface area contributed by atoms with Crippen LogP contribution >= 0.6 is 11.3 Å². The number of ether oxygens (including phenoxy) is 1. The molecule has 1 fully saturated rings. The lowest BCUT2D eigenvalue weighted by Crippen LogP contribution is -2.49. The van der Waals surface area contributed by atoms with E-state index in [1.54, 1.807) is 0 Å². The Morgan fingerprint density at radius 1 is 1.41 bits per heavy atom. The Balaban J connectivity index is 2.05. The molecule has 0 unspecified atom stereocenters. The number of carbonyl (C=O) groups is 2. The van der Waals surface area contributed by atoms with E-state index in [0.717, 1.165) is 16.2 Å². The van der Waals surface area contributed by atoms with Crippen molar-refractivity contribution in [2.45, 2.75) is 31.8 Å². The monoisotopic (exact) mass is 435 g/mol. The van der Waals surface area contributed by atoms with Gasteiger partial charge in [0, 0.05) is 31.0 Å². The lowest BCUT2D eigenvalue weighted by Gasteiger charge is -2.33. The number of pyridine rings is 1. The minimum absolute atomic E-state index is 0.0181. The molecule has 0 aliphatic carbocycles. The Hall–Kier alpha value is -2.63. The third-order valence-corrected chi connectivity index (χ3v) is 5.66. The summed E-state index contributed by atoms with van der Waals surface area (Å²) in [6.07, 6.45) is -8.95. The molecule has 0 aromatic carbocycles. The van der Waals surface area contributed by atoms with Gasteiger partial charge in [0.25, 0.3) is 5.91 Å². The van der Waals surface area contributed by atoms with Crippen molar-refractivity contribution in [3.8, 4) is 5.88 Å². The number of likely N-dealkylation sites (tertiary alicyclic amines) is 1. The van der Waals surface area contributed by atoms with Gasteiger partial charge in [0.2, 0.25) is 5.88 Å². The molecule has 29 heavy (non-hydrogen) atoms. The maximum atomic E-state index is 14.4. The van der Waals surface area contributed by atoms with Crippen molar-refractivity contribution < 1.29 is 37.0 Å². The molecule has 2 atom stereocenters. The van der Waals surface area contributed by atoms with E-state index >= 15 is 0 Å². The first-order valence-electron chi connectivity index (χ1n) is 8.54. The number of aromatic nitrogens is 1. The lowest BCUT2D eigenvalue weighted by molar-refractivity contribution is -0.136. The van der Waals surface area contributed by atoms with Crippen LogP contribution in [-0.4, -0.2) is 59.4 Å². The first kappa shape index (κ1) is 21.1. The van der Waals surface area contributed by atoms with E-state index in [1.807, 2.05) is 0 Å². The minimum Gasteiger partial charge on any atom is -0.471 e. The third kappa shape index (κ3) is 3.93. The normalized spacial score (nSPS) is 20.0. The van der Waals surface area contributed by atoms with E-state index in [4.69, 9.17) is 9.84 Å². The van der Waals surface area contributed by atoms with Gasteiger partial charge in [-0.25, -0.2) is 14.2 Å². The number of hydrogen-bond donors (Lipinski definition) is 2. The van der Waals surface area contributed by atoms with Crippen LogP contribution in [0.25, 0.3) is 10.2 Å². The molecule has 2 aromatic rings. The van der Waals surface area contributed by atoms with Crippen molar-refractivity contribution in [2.24, 2.45) is 0 Å². The van der Waals surface area contributed by atoms with Gasteiger partial charge in [0.1, 0.15) is 6.10 Å². The van der Waals surface area contributed by atoms with Gasteiger partial charge >= 0.3 is 12.3 Å². The average molecular weight is 435 g/mol. The van der Waals surface area contributed by atoms with Crippen LogP contribution in [-0.2, 0) is 6.18 Å². The average Bonchev–Trinajstić information content (AvgIpc) is 3.04. The first-order valence-corrected chi connectivity index (χ1v) is 9.42. The van der Waals surface area contributed by atoms with Crippen LogP contribution in [0, 0.1) is 6.92 Å². The van der Waals surface area contributed by atoms with E-state index in [1.165, 1.54) is 19.4 Å². The van der Waals surface area contributed by atoms with E-state index in [9.17, 15) is 27.2 Å². The minimum atomic E-state index is -4.74. The summed E-state index contributed by atoms with van der Waals surface area (Å²) in [5, 5.41) is 12.6. The van der Waals surface area contributed by atoms with Crippen LogP contribution in [0.1, 0.15) is 27.9 Å². The molecule has 7 nitrogen and oxygen atoms in total. The number of thiophene rings is 1. The van der Waals surface area contributed by atoms with E-state index in [0.29, 0.717) is 0 Å². The number of carbonyl (C=O) groups excluding carboxylic acids is 1. The summed E-state index contributed by atoms with van der Waals surface area (Å²) in [6, 6.07) is 0. The molecule has 12 heteroatoms. The Labute approximate surface area is 166 Å². The van der Waals surface area contributed by atoms with Crippen LogP contribution in [0.5, 0.6) is 5.88 Å². The highest BCUT2D eigenvalue weighted by Gasteiger charge is 2.39. The molecular formula is C17H17F4N3O4S. The lowest BCUT2D eigenvalue weighted by atomic mass is 10.1. The van der Waals surface area contributed by atoms with Gasteiger partial charge in [-0.3, -0.25) is 4.79 Å². The largest absolute Gasteiger partial charge is 0.471 e. The first-order chi connectivity index (χ1) is 13.5. The molecule has 2 amide bonds. The predicted molar refractivity (Wildman–Crippen MR) is 96.3 cm³/mol. The highest BCUT2D eigenvalue weighted by molar-refractivity contribution is 7.17. The number of piperidine rings is 1. The molecule has 158 valence electrons. The summed E-state index contributed by atoms with van der Waals surface area (Å²) in [5.74, 6) is -1.03. The quantitative estimate of drug-likeness (QED) is 0.721. The fraction of sp³-hybridized carbons (Fsp3) is 0.471. The maximum absolute atomic E-state index is 14.4. The number of carboxylic acid groups (broad SMARTS) is 1. The number of amides is 2. The smallest absolute Gasteiger partial charge is 0.418 e. The Morgan fingerprint density at radius 3 is 2.66 bits per heavy atom. The summed E-state index contributed by atoms with van der Waals surface area (Å²) in [6.45, 7) is 0.703. The molecule has 0 bridgehead atoms. The van der Waals surface area contributed by atoms with Crippen LogP contribution < -0.4 is 10.1 Å². The van der Waals surface area contributed by atoms with Gasteiger partial charge in [-0.2, -0.15) is 13.2 Å². The van der Waals surface area contributed by atoms with Crippen molar-refractivity contribution >= 4 is 33.6 Å². The molecule has 1 aliphatic heterocycles. The number of rotatable bonds is 3. The number of alkyl halides is 4. The zero-order valence-electron chi connectivity index (χ0n) is 15.3. The summed E-state index contributed by atoms with van der Waals surface area (Å²) in [7, 11) is 1.34. The maximum Gasteiger partial charge on any atom is 0.418 e. The van der Waals surface area contributed by atoms with Crippen molar-refractivity contribution in [1.82, 2.24) is 15.2 Å². The molecule has 2 N–H and O–H groups in total. The molecule has 0 radical (unpaired) electrons. The zero-order chi connectivity index (χ0) is 21.5. The van der Waals surface area contributed by atoms with Gasteiger partial charge < -0.3 is 20.1 Å². The predicted octanol–water partition coefficient (Wildman–Crippen LogP) is 3.45. The van der Waals surface area contributed by atoms with Crippen LogP contribution in [0.3, 0.4) is 0 Å². The van der Waals surface area contributed by atoms with Gasteiger partial charge in [-0.1, -0.05) is 0 Å². The molecule has 3 rings (SSSR count). The summed E-state index contributed by atoms with van der Waals surface area (Å²) in [4.78, 5) is 27.9. The van der Waals surface area contributed by atoms with Crippen LogP contribution in [0.15, 0.2) is 5.38 Å².